The van der Waals surface area contributed by atoms with E-state index in [0.717, 1.165) is 70.7 Å². The zero-order chi connectivity index (χ0) is 37.1. The van der Waals surface area contributed by atoms with Crippen molar-refractivity contribution in [3.8, 4) is 0 Å². The van der Waals surface area contributed by atoms with Crippen LogP contribution in [0.5, 0.6) is 0 Å². The van der Waals surface area contributed by atoms with E-state index in [0.29, 0.717) is 0 Å². The van der Waals surface area contributed by atoms with Crippen molar-refractivity contribution in [2.45, 2.75) is 240 Å². The Morgan fingerprint density at radius 1 is 0.412 bits per heavy atom. The Kier molecular flexibility index (Phi) is 42.3. The molecule has 0 spiro atoms. The van der Waals surface area contributed by atoms with E-state index in [1.54, 1.807) is 0 Å². The minimum atomic E-state index is 0.267. The maximum atomic E-state index is 9.56. The molecule has 1 N–H and O–H groups in total. The molecule has 0 aliphatic heterocycles. The summed E-state index contributed by atoms with van der Waals surface area (Å²) in [5, 5.41) is 18.5. The highest BCUT2D eigenvalue weighted by atomic mass is 16.6. The zero-order valence-corrected chi connectivity index (χ0v) is 35.2. The first-order valence-corrected chi connectivity index (χ1v) is 22.8. The maximum Gasteiger partial charge on any atom is 0.117 e. The number of unbranched alkanes of at least 4 members (excludes halogenated alkanes) is 25. The predicted octanol–water partition coefficient (Wildman–Crippen LogP) is 14.0. The smallest absolute Gasteiger partial charge is 0.117 e. The standard InChI is InChI=1S/C45H91N3O3/c1-5-8-11-14-21-28-35-44(4)46-50-42-33-26-19-17-24-31-38-48(40-41-49)39-32-25-18-20-27-34-43-51-47-45(36-29-22-15-12-9-6-2)37-30-23-16-13-10-7-3/h49H,5-43H2,1-4H3/b46-44+. The minimum absolute atomic E-state index is 0.267. The fourth-order valence-electron chi connectivity index (χ4n) is 6.83. The average molecular weight is 722 g/mol. The largest absolute Gasteiger partial charge is 0.396 e. The molecule has 0 aromatic rings. The first kappa shape index (κ1) is 49.9. The van der Waals surface area contributed by atoms with Crippen LogP contribution in [0.3, 0.4) is 0 Å². The Labute approximate surface area is 319 Å². The molecule has 0 bridgehead atoms. The van der Waals surface area contributed by atoms with E-state index in [1.807, 2.05) is 0 Å². The van der Waals surface area contributed by atoms with Crippen LogP contribution < -0.4 is 0 Å². The quantitative estimate of drug-likeness (QED) is 0.0387. The highest BCUT2D eigenvalue weighted by molar-refractivity contribution is 5.83. The van der Waals surface area contributed by atoms with Gasteiger partial charge in [0.05, 0.1) is 18.0 Å². The highest BCUT2D eigenvalue weighted by Crippen LogP contribution is 2.14. The first-order valence-electron chi connectivity index (χ1n) is 22.8. The van der Waals surface area contributed by atoms with Crippen molar-refractivity contribution < 1.29 is 14.8 Å². The third kappa shape index (κ3) is 39.9. The molecular weight excluding hydrogens is 631 g/mol. The molecule has 0 fully saturated rings. The van der Waals surface area contributed by atoms with E-state index in [1.165, 1.54) is 185 Å². The molecule has 0 amide bonds. The molecule has 0 rings (SSSR count). The molecule has 0 heterocycles. The van der Waals surface area contributed by atoms with Gasteiger partial charge in [-0.2, -0.15) is 0 Å². The van der Waals surface area contributed by atoms with E-state index in [9.17, 15) is 5.11 Å². The lowest BCUT2D eigenvalue weighted by Gasteiger charge is -2.21. The van der Waals surface area contributed by atoms with Crippen LogP contribution in [0.4, 0.5) is 0 Å². The van der Waals surface area contributed by atoms with Gasteiger partial charge >= 0.3 is 0 Å². The van der Waals surface area contributed by atoms with Gasteiger partial charge < -0.3 is 19.7 Å². The van der Waals surface area contributed by atoms with Crippen LogP contribution in [0.1, 0.15) is 240 Å². The van der Waals surface area contributed by atoms with Crippen LogP contribution in [0.15, 0.2) is 10.3 Å². The second-order valence-corrected chi connectivity index (χ2v) is 15.5. The molecule has 0 aliphatic carbocycles. The Morgan fingerprint density at radius 2 is 0.765 bits per heavy atom. The maximum absolute atomic E-state index is 9.56. The molecule has 51 heavy (non-hydrogen) atoms. The van der Waals surface area contributed by atoms with E-state index in [4.69, 9.17) is 9.68 Å². The van der Waals surface area contributed by atoms with Crippen molar-refractivity contribution in [1.29, 1.82) is 0 Å². The molecular formula is C45H91N3O3. The highest BCUT2D eigenvalue weighted by Gasteiger charge is 2.05. The van der Waals surface area contributed by atoms with Crippen LogP contribution >= 0.6 is 0 Å². The van der Waals surface area contributed by atoms with Gasteiger partial charge in [-0.1, -0.05) is 166 Å². The number of hydrogen-bond acceptors (Lipinski definition) is 6. The van der Waals surface area contributed by atoms with Crippen molar-refractivity contribution in [3.63, 3.8) is 0 Å². The summed E-state index contributed by atoms with van der Waals surface area (Å²) < 4.78 is 0. The summed E-state index contributed by atoms with van der Waals surface area (Å²) in [6.07, 6.45) is 42.2. The number of aliphatic hydroxyl groups excluding tert-OH is 1. The van der Waals surface area contributed by atoms with Gasteiger partial charge in [0.15, 0.2) is 0 Å². The van der Waals surface area contributed by atoms with Gasteiger partial charge in [-0.25, -0.2) is 0 Å². The molecule has 304 valence electrons. The third-order valence-corrected chi connectivity index (χ3v) is 10.3. The lowest BCUT2D eigenvalue weighted by molar-refractivity contribution is 0.138. The van der Waals surface area contributed by atoms with Gasteiger partial charge in [-0.05, 0) is 97.1 Å². The lowest BCUT2D eigenvalue weighted by atomic mass is 10.0. The fourth-order valence-corrected chi connectivity index (χ4v) is 6.83. The molecule has 0 saturated carbocycles. The molecule has 0 aromatic carbocycles. The number of hydrogen-bond donors (Lipinski definition) is 1. The molecule has 6 heteroatoms. The van der Waals surface area contributed by atoms with Crippen molar-refractivity contribution in [1.82, 2.24) is 4.90 Å². The van der Waals surface area contributed by atoms with Crippen molar-refractivity contribution >= 4 is 11.4 Å². The Balaban J connectivity index is 3.86. The zero-order valence-electron chi connectivity index (χ0n) is 35.2. The second-order valence-electron chi connectivity index (χ2n) is 15.5. The molecule has 0 unspecified atom stereocenters. The Morgan fingerprint density at radius 3 is 1.20 bits per heavy atom. The van der Waals surface area contributed by atoms with E-state index < -0.39 is 0 Å². The summed E-state index contributed by atoms with van der Waals surface area (Å²) in [5.41, 5.74) is 2.45. The molecule has 0 saturated heterocycles. The molecule has 0 radical (unpaired) electrons. The lowest BCUT2D eigenvalue weighted by Crippen LogP contribution is -2.29. The van der Waals surface area contributed by atoms with Crippen LogP contribution in [0.2, 0.25) is 0 Å². The van der Waals surface area contributed by atoms with Crippen LogP contribution in [-0.4, -0.2) is 60.9 Å². The van der Waals surface area contributed by atoms with Crippen molar-refractivity contribution in [3.05, 3.63) is 0 Å². The number of oxime groups is 2. The van der Waals surface area contributed by atoms with Crippen molar-refractivity contribution in [2.75, 3.05) is 39.5 Å². The van der Waals surface area contributed by atoms with Crippen LogP contribution in [-0.2, 0) is 9.68 Å². The molecule has 6 nitrogen and oxygen atoms in total. The van der Waals surface area contributed by atoms with E-state index in [2.05, 4.69) is 42.9 Å². The summed E-state index contributed by atoms with van der Waals surface area (Å²) in [6, 6.07) is 0. The SMILES string of the molecule is CCCCCCCCC(CCCCCCCC)=NOCCCCCCCCN(CCO)CCCCCCCCO/N=C(\C)CCCCCCCC. The summed E-state index contributed by atoms with van der Waals surface area (Å²) >= 11 is 0. The second kappa shape index (κ2) is 43.3. The van der Waals surface area contributed by atoms with Crippen LogP contribution in [0.25, 0.3) is 0 Å². The summed E-state index contributed by atoms with van der Waals surface area (Å²) in [5.74, 6) is 0. The average Bonchev–Trinajstić information content (AvgIpc) is 3.13. The van der Waals surface area contributed by atoms with E-state index in [-0.39, 0.29) is 6.61 Å². The third-order valence-electron chi connectivity index (χ3n) is 10.3. The Bertz CT molecular complexity index is 711. The van der Waals surface area contributed by atoms with E-state index >= 15 is 0 Å². The molecule has 0 aromatic heterocycles. The molecule has 0 atom stereocenters. The number of rotatable bonds is 43. The van der Waals surface area contributed by atoms with Gasteiger partial charge in [0.2, 0.25) is 0 Å². The summed E-state index contributed by atoms with van der Waals surface area (Å²) in [6.45, 7) is 13.8. The number of nitrogens with zero attached hydrogens (tertiary/aromatic N) is 3. The summed E-state index contributed by atoms with van der Waals surface area (Å²) in [7, 11) is 0. The Hall–Kier alpha value is -1.14. The van der Waals surface area contributed by atoms with Gasteiger partial charge in [-0.3, -0.25) is 0 Å². The predicted molar refractivity (Wildman–Crippen MR) is 225 cm³/mol. The van der Waals surface area contributed by atoms with Gasteiger partial charge in [0.1, 0.15) is 13.2 Å². The van der Waals surface area contributed by atoms with Crippen LogP contribution in [0, 0.1) is 0 Å². The van der Waals surface area contributed by atoms with Gasteiger partial charge in [-0.15, -0.1) is 0 Å². The van der Waals surface area contributed by atoms with Gasteiger partial charge in [0, 0.05) is 6.54 Å². The topological polar surface area (TPSA) is 66.7 Å². The fraction of sp³-hybridized carbons (Fsp3) is 0.956. The number of aliphatic hydroxyl groups is 1. The monoisotopic (exact) mass is 722 g/mol. The molecule has 0 aliphatic rings. The summed E-state index contributed by atoms with van der Waals surface area (Å²) in [4.78, 5) is 13.9. The van der Waals surface area contributed by atoms with Gasteiger partial charge in [0.25, 0.3) is 0 Å². The van der Waals surface area contributed by atoms with Crippen molar-refractivity contribution in [2.24, 2.45) is 10.3 Å². The minimum Gasteiger partial charge on any atom is -0.396 e. The normalized spacial score (nSPS) is 11.8. The first-order chi connectivity index (χ1) is 25.2.